The van der Waals surface area contributed by atoms with E-state index >= 15 is 0 Å². The largest absolute Gasteiger partial charge is 0.389 e. The van der Waals surface area contributed by atoms with Gasteiger partial charge in [0.15, 0.2) is 0 Å². The Bertz CT molecular complexity index is 297. The van der Waals surface area contributed by atoms with Gasteiger partial charge in [-0.05, 0) is 34.5 Å². The first-order chi connectivity index (χ1) is 6.38. The minimum Gasteiger partial charge on any atom is -0.323 e. The third kappa shape index (κ3) is 3.98. The van der Waals surface area contributed by atoms with E-state index in [0.717, 1.165) is 8.66 Å². The number of thiophene rings is 1. The standard InChI is InChI=1S/C8H9BrF3NS/c9-7-2-1-6(14-7)5(13)3-4-8(10,11)12/h1-2,5H,3-4,13H2/t5-/m1/s1. The predicted molar refractivity (Wildman–Crippen MR) is 54.2 cm³/mol. The van der Waals surface area contributed by atoms with Gasteiger partial charge in [0.1, 0.15) is 0 Å². The average Bonchev–Trinajstić information content (AvgIpc) is 2.46. The molecule has 1 rings (SSSR count). The van der Waals surface area contributed by atoms with Crippen LogP contribution in [0.3, 0.4) is 0 Å². The summed E-state index contributed by atoms with van der Waals surface area (Å²) < 4.78 is 36.5. The van der Waals surface area contributed by atoms with Crippen molar-refractivity contribution < 1.29 is 13.2 Å². The van der Waals surface area contributed by atoms with Gasteiger partial charge in [0.05, 0.1) is 3.79 Å². The first-order valence-corrected chi connectivity index (χ1v) is 5.57. The van der Waals surface area contributed by atoms with Crippen LogP contribution in [-0.4, -0.2) is 6.18 Å². The second-order valence-electron chi connectivity index (χ2n) is 2.90. The molecule has 14 heavy (non-hydrogen) atoms. The number of halogens is 4. The van der Waals surface area contributed by atoms with Crippen molar-refractivity contribution in [2.75, 3.05) is 0 Å². The van der Waals surface area contributed by atoms with Crippen LogP contribution in [-0.2, 0) is 0 Å². The van der Waals surface area contributed by atoms with Crippen molar-refractivity contribution in [1.29, 1.82) is 0 Å². The summed E-state index contributed by atoms with van der Waals surface area (Å²) in [6, 6.07) is 3.01. The van der Waals surface area contributed by atoms with E-state index in [1.165, 1.54) is 11.3 Å². The molecule has 0 amide bonds. The minimum absolute atomic E-state index is 0.0591. The van der Waals surface area contributed by atoms with E-state index in [1.54, 1.807) is 12.1 Å². The molecule has 0 aromatic carbocycles. The van der Waals surface area contributed by atoms with Crippen molar-refractivity contribution in [2.45, 2.75) is 25.1 Å². The lowest BCUT2D eigenvalue weighted by molar-refractivity contribution is -0.136. The van der Waals surface area contributed by atoms with Gasteiger partial charge in [0, 0.05) is 17.3 Å². The molecule has 0 radical (unpaired) electrons. The first kappa shape index (κ1) is 12.0. The van der Waals surface area contributed by atoms with E-state index in [9.17, 15) is 13.2 Å². The molecule has 6 heteroatoms. The van der Waals surface area contributed by atoms with Crippen molar-refractivity contribution >= 4 is 27.3 Å². The fourth-order valence-electron chi connectivity index (χ4n) is 0.989. The molecule has 1 aromatic rings. The lowest BCUT2D eigenvalue weighted by Crippen LogP contribution is -2.14. The third-order valence-electron chi connectivity index (χ3n) is 1.70. The predicted octanol–water partition coefficient (Wildman–Crippen LogP) is 3.85. The van der Waals surface area contributed by atoms with Gasteiger partial charge in [0.2, 0.25) is 0 Å². The molecule has 0 aliphatic rings. The molecule has 80 valence electrons. The molecule has 0 unspecified atom stereocenters. The molecule has 0 fully saturated rings. The van der Waals surface area contributed by atoms with Crippen LogP contribution < -0.4 is 5.73 Å². The second kappa shape index (κ2) is 4.63. The molecule has 1 aromatic heterocycles. The van der Waals surface area contributed by atoms with Gasteiger partial charge in [-0.15, -0.1) is 11.3 Å². The maximum atomic E-state index is 11.9. The van der Waals surface area contributed by atoms with Crippen LogP contribution in [0.1, 0.15) is 23.8 Å². The number of alkyl halides is 3. The van der Waals surface area contributed by atoms with Gasteiger partial charge in [-0.25, -0.2) is 0 Å². The van der Waals surface area contributed by atoms with Crippen LogP contribution in [0, 0.1) is 0 Å². The lowest BCUT2D eigenvalue weighted by Gasteiger charge is -2.11. The summed E-state index contributed by atoms with van der Waals surface area (Å²) in [7, 11) is 0. The van der Waals surface area contributed by atoms with E-state index < -0.39 is 18.6 Å². The van der Waals surface area contributed by atoms with Crippen LogP contribution >= 0.6 is 27.3 Å². The van der Waals surface area contributed by atoms with Gasteiger partial charge in [-0.1, -0.05) is 0 Å². The Morgan fingerprint density at radius 2 is 2.07 bits per heavy atom. The van der Waals surface area contributed by atoms with Gasteiger partial charge in [-0.2, -0.15) is 13.2 Å². The molecular weight excluding hydrogens is 279 g/mol. The highest BCUT2D eigenvalue weighted by atomic mass is 79.9. The van der Waals surface area contributed by atoms with Gasteiger partial charge < -0.3 is 5.73 Å². The maximum absolute atomic E-state index is 11.9. The van der Waals surface area contributed by atoms with Gasteiger partial charge in [0.25, 0.3) is 0 Å². The van der Waals surface area contributed by atoms with Crippen LogP contribution in [0.4, 0.5) is 13.2 Å². The fourth-order valence-corrected chi connectivity index (χ4v) is 2.45. The van der Waals surface area contributed by atoms with Crippen LogP contribution in [0.25, 0.3) is 0 Å². The molecule has 0 saturated heterocycles. The van der Waals surface area contributed by atoms with E-state index in [1.807, 2.05) is 0 Å². The summed E-state index contributed by atoms with van der Waals surface area (Å²) in [5.41, 5.74) is 5.61. The van der Waals surface area contributed by atoms with Crippen LogP contribution in [0.5, 0.6) is 0 Å². The third-order valence-corrected chi connectivity index (χ3v) is 3.45. The molecule has 0 saturated carbocycles. The Balaban J connectivity index is 2.47. The molecule has 1 nitrogen and oxygen atoms in total. The van der Waals surface area contributed by atoms with Crippen molar-refractivity contribution in [2.24, 2.45) is 5.73 Å². The Labute approximate surface area is 92.2 Å². The maximum Gasteiger partial charge on any atom is 0.389 e. The zero-order chi connectivity index (χ0) is 10.8. The number of hydrogen-bond acceptors (Lipinski definition) is 2. The minimum atomic E-state index is -4.12. The molecule has 0 aliphatic heterocycles. The Hall–Kier alpha value is -0.0700. The zero-order valence-electron chi connectivity index (χ0n) is 7.14. The van der Waals surface area contributed by atoms with E-state index in [-0.39, 0.29) is 6.42 Å². The second-order valence-corrected chi connectivity index (χ2v) is 5.40. The molecule has 1 atom stereocenters. The summed E-state index contributed by atoms with van der Waals surface area (Å²) in [5.74, 6) is 0. The highest BCUT2D eigenvalue weighted by molar-refractivity contribution is 9.11. The molecule has 2 N–H and O–H groups in total. The molecule has 1 heterocycles. The summed E-state index contributed by atoms with van der Waals surface area (Å²) in [6.45, 7) is 0. The number of rotatable bonds is 3. The summed E-state index contributed by atoms with van der Waals surface area (Å²) >= 11 is 4.60. The number of nitrogens with two attached hydrogens (primary N) is 1. The monoisotopic (exact) mass is 287 g/mol. The SMILES string of the molecule is N[C@H](CCC(F)(F)F)c1ccc(Br)s1. The van der Waals surface area contributed by atoms with Crippen molar-refractivity contribution in [3.8, 4) is 0 Å². The van der Waals surface area contributed by atoms with Crippen molar-refractivity contribution in [1.82, 2.24) is 0 Å². The smallest absolute Gasteiger partial charge is 0.323 e. The normalized spacial score (nSPS) is 14.4. The van der Waals surface area contributed by atoms with E-state index in [4.69, 9.17) is 5.73 Å². The molecular formula is C8H9BrF3NS. The Morgan fingerprint density at radius 1 is 1.43 bits per heavy atom. The van der Waals surface area contributed by atoms with Gasteiger partial charge in [-0.3, -0.25) is 0 Å². The quantitative estimate of drug-likeness (QED) is 0.898. The van der Waals surface area contributed by atoms with Crippen molar-refractivity contribution in [3.05, 3.63) is 20.8 Å². The Kier molecular flexibility index (Phi) is 3.97. The summed E-state index contributed by atoms with van der Waals surface area (Å²) in [6.07, 6.45) is -5.01. The highest BCUT2D eigenvalue weighted by Crippen LogP contribution is 2.31. The van der Waals surface area contributed by atoms with Gasteiger partial charge >= 0.3 is 6.18 Å². The molecule has 0 aliphatic carbocycles. The summed E-state index contributed by atoms with van der Waals surface area (Å²) in [4.78, 5) is 0.779. The Morgan fingerprint density at radius 3 is 2.50 bits per heavy atom. The highest BCUT2D eigenvalue weighted by Gasteiger charge is 2.28. The molecule has 0 spiro atoms. The topological polar surface area (TPSA) is 26.0 Å². The number of hydrogen-bond donors (Lipinski definition) is 1. The first-order valence-electron chi connectivity index (χ1n) is 3.96. The zero-order valence-corrected chi connectivity index (χ0v) is 9.55. The van der Waals surface area contributed by atoms with E-state index in [2.05, 4.69) is 15.9 Å². The fraction of sp³-hybridized carbons (Fsp3) is 0.500. The summed E-state index contributed by atoms with van der Waals surface area (Å²) in [5, 5.41) is 0. The van der Waals surface area contributed by atoms with E-state index in [0.29, 0.717) is 0 Å². The van der Waals surface area contributed by atoms with Crippen molar-refractivity contribution in [3.63, 3.8) is 0 Å². The average molecular weight is 288 g/mol. The lowest BCUT2D eigenvalue weighted by atomic mass is 10.1. The molecule has 0 bridgehead atoms. The van der Waals surface area contributed by atoms with Crippen LogP contribution in [0.2, 0.25) is 0 Å². The van der Waals surface area contributed by atoms with Crippen LogP contribution in [0.15, 0.2) is 15.9 Å².